The monoisotopic (exact) mass is 273 g/mol. The molecular weight excluding hydrogens is 254 g/mol. The fraction of sp³-hybridized carbons (Fsp3) is 0.250. The van der Waals surface area contributed by atoms with Crippen molar-refractivity contribution in [2.45, 2.75) is 0 Å². The lowest BCUT2D eigenvalue weighted by Gasteiger charge is -2.17. The van der Waals surface area contributed by atoms with E-state index in [0.717, 1.165) is 11.3 Å². The van der Waals surface area contributed by atoms with Crippen molar-refractivity contribution >= 4 is 5.69 Å². The number of hydrogen-bond acceptors (Lipinski definition) is 4. The largest absolute Gasteiger partial charge is 0.507 e. The third kappa shape index (κ3) is 2.64. The van der Waals surface area contributed by atoms with Crippen LogP contribution in [-0.4, -0.2) is 33.4 Å². The molecule has 0 aromatic heterocycles. The number of benzene rings is 2. The quantitative estimate of drug-likeness (QED) is 0.929. The molecule has 0 fully saturated rings. The first-order valence-electron chi connectivity index (χ1n) is 6.29. The summed E-state index contributed by atoms with van der Waals surface area (Å²) in [5, 5.41) is 10.1. The van der Waals surface area contributed by atoms with Crippen molar-refractivity contribution in [2.75, 3.05) is 33.2 Å². The number of phenolic OH excluding ortho intramolecular Hbond substituents is 1. The second kappa shape index (κ2) is 5.74. The highest BCUT2D eigenvalue weighted by molar-refractivity contribution is 5.78. The Morgan fingerprint density at radius 1 is 0.900 bits per heavy atom. The number of phenols is 1. The molecule has 0 bridgehead atoms. The van der Waals surface area contributed by atoms with Crippen molar-refractivity contribution in [1.29, 1.82) is 0 Å². The molecule has 2 rings (SSSR count). The average Bonchev–Trinajstić information content (AvgIpc) is 2.47. The van der Waals surface area contributed by atoms with Gasteiger partial charge in [-0.25, -0.2) is 0 Å². The number of rotatable bonds is 4. The molecule has 0 saturated heterocycles. The summed E-state index contributed by atoms with van der Waals surface area (Å²) in [7, 11) is 7.16. The number of aromatic hydroxyl groups is 1. The molecular formula is C16H19NO3. The predicted molar refractivity (Wildman–Crippen MR) is 81.0 cm³/mol. The first-order valence-corrected chi connectivity index (χ1v) is 6.29. The lowest BCUT2D eigenvalue weighted by atomic mass is 10.0. The van der Waals surface area contributed by atoms with Gasteiger partial charge in [-0.2, -0.15) is 0 Å². The van der Waals surface area contributed by atoms with E-state index in [2.05, 4.69) is 0 Å². The predicted octanol–water partition coefficient (Wildman–Crippen LogP) is 3.14. The Kier molecular flexibility index (Phi) is 4.03. The molecule has 0 heterocycles. The summed E-state index contributed by atoms with van der Waals surface area (Å²) >= 11 is 0. The van der Waals surface area contributed by atoms with Crippen LogP contribution in [0.15, 0.2) is 36.4 Å². The van der Waals surface area contributed by atoms with Crippen molar-refractivity contribution in [3.63, 3.8) is 0 Å². The SMILES string of the molecule is COc1ccc(O)c(-c2ccc(N(C)C)cc2OC)c1. The van der Waals surface area contributed by atoms with Crippen LogP contribution in [0.5, 0.6) is 17.2 Å². The summed E-state index contributed by atoms with van der Waals surface area (Å²) in [5.41, 5.74) is 2.55. The smallest absolute Gasteiger partial charge is 0.128 e. The van der Waals surface area contributed by atoms with Crippen LogP contribution in [-0.2, 0) is 0 Å². The van der Waals surface area contributed by atoms with Crippen LogP contribution in [0.4, 0.5) is 5.69 Å². The molecule has 0 atom stereocenters. The van der Waals surface area contributed by atoms with E-state index in [0.29, 0.717) is 17.1 Å². The lowest BCUT2D eigenvalue weighted by molar-refractivity contribution is 0.411. The van der Waals surface area contributed by atoms with Crippen LogP contribution in [0.3, 0.4) is 0 Å². The van der Waals surface area contributed by atoms with E-state index in [4.69, 9.17) is 9.47 Å². The van der Waals surface area contributed by atoms with Gasteiger partial charge in [-0.1, -0.05) is 0 Å². The fourth-order valence-corrected chi connectivity index (χ4v) is 2.04. The molecule has 4 nitrogen and oxygen atoms in total. The summed E-state index contributed by atoms with van der Waals surface area (Å²) in [6.45, 7) is 0. The second-order valence-electron chi connectivity index (χ2n) is 4.66. The number of ether oxygens (including phenoxy) is 2. The van der Waals surface area contributed by atoms with E-state index in [9.17, 15) is 5.11 Å². The minimum atomic E-state index is 0.196. The van der Waals surface area contributed by atoms with E-state index < -0.39 is 0 Å². The molecule has 2 aromatic rings. The molecule has 106 valence electrons. The van der Waals surface area contributed by atoms with Gasteiger partial charge < -0.3 is 19.5 Å². The first kappa shape index (κ1) is 14.1. The molecule has 0 unspecified atom stereocenters. The minimum absolute atomic E-state index is 0.196. The molecule has 1 N–H and O–H groups in total. The highest BCUT2D eigenvalue weighted by Crippen LogP contribution is 2.39. The van der Waals surface area contributed by atoms with Crippen LogP contribution >= 0.6 is 0 Å². The third-order valence-corrected chi connectivity index (χ3v) is 3.20. The summed E-state index contributed by atoms with van der Waals surface area (Å²) in [6, 6.07) is 11.0. The molecule has 0 aliphatic rings. The Bertz CT molecular complexity index is 609. The van der Waals surface area contributed by atoms with E-state index >= 15 is 0 Å². The average molecular weight is 273 g/mol. The van der Waals surface area contributed by atoms with Crippen LogP contribution < -0.4 is 14.4 Å². The zero-order chi connectivity index (χ0) is 14.7. The van der Waals surface area contributed by atoms with Crippen LogP contribution in [0.2, 0.25) is 0 Å². The van der Waals surface area contributed by atoms with Crippen LogP contribution in [0, 0.1) is 0 Å². The molecule has 0 aliphatic heterocycles. The molecule has 0 spiro atoms. The van der Waals surface area contributed by atoms with Gasteiger partial charge in [-0.05, 0) is 30.3 Å². The van der Waals surface area contributed by atoms with Gasteiger partial charge in [0.1, 0.15) is 17.2 Å². The Morgan fingerprint density at radius 3 is 2.25 bits per heavy atom. The van der Waals surface area contributed by atoms with Gasteiger partial charge in [-0.15, -0.1) is 0 Å². The number of methoxy groups -OCH3 is 2. The fourth-order valence-electron chi connectivity index (χ4n) is 2.04. The van der Waals surface area contributed by atoms with Gasteiger partial charge in [0.05, 0.1) is 14.2 Å². The zero-order valence-corrected chi connectivity index (χ0v) is 12.2. The molecule has 4 heteroatoms. The van der Waals surface area contributed by atoms with Gasteiger partial charge in [-0.3, -0.25) is 0 Å². The summed E-state index contributed by atoms with van der Waals surface area (Å²) in [4.78, 5) is 2.00. The summed E-state index contributed by atoms with van der Waals surface area (Å²) in [6.07, 6.45) is 0. The number of hydrogen-bond donors (Lipinski definition) is 1. The van der Waals surface area contributed by atoms with E-state index in [-0.39, 0.29) is 5.75 Å². The van der Waals surface area contributed by atoms with Gasteiger partial charge >= 0.3 is 0 Å². The van der Waals surface area contributed by atoms with Gasteiger partial charge in [0.25, 0.3) is 0 Å². The Balaban J connectivity index is 2.57. The normalized spacial score (nSPS) is 10.2. The third-order valence-electron chi connectivity index (χ3n) is 3.20. The van der Waals surface area contributed by atoms with Crippen LogP contribution in [0.1, 0.15) is 0 Å². The standard InChI is InChI=1S/C16H19NO3/c1-17(2)11-5-7-13(16(9-11)20-4)14-10-12(19-3)6-8-15(14)18/h5-10,18H,1-4H3. The van der Waals surface area contributed by atoms with Crippen molar-refractivity contribution in [3.8, 4) is 28.4 Å². The van der Waals surface area contributed by atoms with Gasteiger partial charge in [0.15, 0.2) is 0 Å². The highest BCUT2D eigenvalue weighted by atomic mass is 16.5. The topological polar surface area (TPSA) is 41.9 Å². The van der Waals surface area contributed by atoms with Gasteiger partial charge in [0.2, 0.25) is 0 Å². The molecule has 0 radical (unpaired) electrons. The molecule has 20 heavy (non-hydrogen) atoms. The van der Waals surface area contributed by atoms with Crippen molar-refractivity contribution < 1.29 is 14.6 Å². The maximum atomic E-state index is 10.1. The zero-order valence-electron chi connectivity index (χ0n) is 12.2. The van der Waals surface area contributed by atoms with Crippen molar-refractivity contribution in [1.82, 2.24) is 0 Å². The van der Waals surface area contributed by atoms with E-state index in [1.807, 2.05) is 37.2 Å². The number of anilines is 1. The second-order valence-corrected chi connectivity index (χ2v) is 4.66. The maximum Gasteiger partial charge on any atom is 0.128 e. The van der Waals surface area contributed by atoms with E-state index in [1.165, 1.54) is 0 Å². The van der Waals surface area contributed by atoms with Crippen molar-refractivity contribution in [3.05, 3.63) is 36.4 Å². The highest BCUT2D eigenvalue weighted by Gasteiger charge is 2.12. The Labute approximate surface area is 119 Å². The van der Waals surface area contributed by atoms with Crippen LogP contribution in [0.25, 0.3) is 11.1 Å². The minimum Gasteiger partial charge on any atom is -0.507 e. The van der Waals surface area contributed by atoms with Crippen molar-refractivity contribution in [2.24, 2.45) is 0 Å². The molecule has 0 saturated carbocycles. The number of nitrogens with zero attached hydrogens (tertiary/aromatic N) is 1. The van der Waals surface area contributed by atoms with E-state index in [1.54, 1.807) is 32.4 Å². The lowest BCUT2D eigenvalue weighted by Crippen LogP contribution is -2.08. The Morgan fingerprint density at radius 2 is 1.65 bits per heavy atom. The Hall–Kier alpha value is -2.36. The van der Waals surface area contributed by atoms with Gasteiger partial charge in [0, 0.05) is 37.0 Å². The molecule has 0 aliphatic carbocycles. The maximum absolute atomic E-state index is 10.1. The summed E-state index contributed by atoms with van der Waals surface area (Å²) < 4.78 is 10.6. The molecule has 0 amide bonds. The molecule has 2 aromatic carbocycles. The summed E-state index contributed by atoms with van der Waals surface area (Å²) in [5.74, 6) is 1.60. The first-order chi connectivity index (χ1) is 9.56.